The van der Waals surface area contributed by atoms with Gasteiger partial charge in [0, 0.05) is 5.56 Å². The summed E-state index contributed by atoms with van der Waals surface area (Å²) in [6.45, 7) is 5.80. The van der Waals surface area contributed by atoms with Crippen molar-refractivity contribution < 1.29 is 10.2 Å². The number of benzene rings is 1. The number of hydrogen-bond donors (Lipinski definition) is 2. The summed E-state index contributed by atoms with van der Waals surface area (Å²) in [5.41, 5.74) is 0.341. The van der Waals surface area contributed by atoms with Crippen molar-refractivity contribution in [2.24, 2.45) is 5.41 Å². The van der Waals surface area contributed by atoms with E-state index >= 15 is 0 Å². The van der Waals surface area contributed by atoms with Crippen molar-refractivity contribution in [1.82, 2.24) is 0 Å². The molecule has 2 nitrogen and oxygen atoms in total. The second-order valence-electron chi connectivity index (χ2n) is 4.33. The van der Waals surface area contributed by atoms with Gasteiger partial charge in [0.2, 0.25) is 0 Å². The average molecular weight is 180 g/mol. The molecule has 1 aromatic rings. The van der Waals surface area contributed by atoms with Crippen LogP contribution in [0.5, 0.6) is 5.75 Å². The molecular formula is C11H16O2. The van der Waals surface area contributed by atoms with Gasteiger partial charge in [-0.25, -0.2) is 0 Å². The van der Waals surface area contributed by atoms with E-state index < -0.39 is 6.10 Å². The molecule has 0 aliphatic rings. The van der Waals surface area contributed by atoms with Gasteiger partial charge in [-0.15, -0.1) is 0 Å². The lowest BCUT2D eigenvalue weighted by molar-refractivity contribution is 0.0605. The molecule has 1 unspecified atom stereocenters. The standard InChI is InChI=1S/C11H16O2/c1-11(2,3)10(13)8-6-4-5-7-9(8)12/h4-7,10,12-13H,1-3H3. The number of aromatic hydroxyl groups is 1. The molecule has 13 heavy (non-hydrogen) atoms. The maximum Gasteiger partial charge on any atom is 0.121 e. The predicted molar refractivity (Wildman–Crippen MR) is 52.5 cm³/mol. The Morgan fingerprint density at radius 1 is 1.15 bits per heavy atom. The minimum atomic E-state index is -0.631. The molecule has 0 saturated heterocycles. The van der Waals surface area contributed by atoms with Crippen molar-refractivity contribution in [1.29, 1.82) is 0 Å². The quantitative estimate of drug-likeness (QED) is 0.697. The molecule has 1 rings (SSSR count). The molecule has 0 heterocycles. The minimum Gasteiger partial charge on any atom is -0.508 e. The van der Waals surface area contributed by atoms with E-state index in [0.717, 1.165) is 0 Å². The molecule has 2 heteroatoms. The highest BCUT2D eigenvalue weighted by Gasteiger charge is 2.25. The highest BCUT2D eigenvalue weighted by atomic mass is 16.3. The lowest BCUT2D eigenvalue weighted by Gasteiger charge is -2.26. The van der Waals surface area contributed by atoms with Gasteiger partial charge in [-0.3, -0.25) is 0 Å². The molecule has 0 amide bonds. The maximum atomic E-state index is 9.88. The van der Waals surface area contributed by atoms with Crippen LogP contribution in [0.25, 0.3) is 0 Å². The summed E-state index contributed by atoms with van der Waals surface area (Å²) in [6.07, 6.45) is -0.631. The normalized spacial score (nSPS) is 14.2. The van der Waals surface area contributed by atoms with Gasteiger partial charge in [0.05, 0.1) is 6.10 Å². The molecule has 72 valence electrons. The zero-order valence-electron chi connectivity index (χ0n) is 8.28. The lowest BCUT2D eigenvalue weighted by Crippen LogP contribution is -2.17. The Morgan fingerprint density at radius 2 is 1.69 bits per heavy atom. The van der Waals surface area contributed by atoms with Crippen molar-refractivity contribution in [3.8, 4) is 5.75 Å². The summed E-state index contributed by atoms with van der Waals surface area (Å²) in [5, 5.41) is 19.4. The topological polar surface area (TPSA) is 40.5 Å². The van der Waals surface area contributed by atoms with Crippen LogP contribution in [0.15, 0.2) is 24.3 Å². The van der Waals surface area contributed by atoms with Gasteiger partial charge in [0.25, 0.3) is 0 Å². The third-order valence-electron chi connectivity index (χ3n) is 2.05. The van der Waals surface area contributed by atoms with E-state index in [4.69, 9.17) is 0 Å². The highest BCUT2D eigenvalue weighted by molar-refractivity contribution is 5.34. The van der Waals surface area contributed by atoms with Crippen LogP contribution >= 0.6 is 0 Å². The van der Waals surface area contributed by atoms with Crippen LogP contribution in [0.2, 0.25) is 0 Å². The SMILES string of the molecule is CC(C)(C)C(O)c1ccccc1O. The molecule has 1 aromatic carbocycles. The summed E-state index contributed by atoms with van der Waals surface area (Å²) < 4.78 is 0. The fraction of sp³-hybridized carbons (Fsp3) is 0.455. The first-order chi connectivity index (χ1) is 5.93. The van der Waals surface area contributed by atoms with Gasteiger partial charge < -0.3 is 10.2 Å². The number of para-hydroxylation sites is 1. The van der Waals surface area contributed by atoms with E-state index in [1.54, 1.807) is 18.2 Å². The summed E-state index contributed by atoms with van der Waals surface area (Å²) in [5.74, 6) is 0.157. The number of hydrogen-bond acceptors (Lipinski definition) is 2. The van der Waals surface area contributed by atoms with Gasteiger partial charge in [-0.05, 0) is 11.5 Å². The molecule has 1 atom stereocenters. The first-order valence-corrected chi connectivity index (χ1v) is 4.39. The van der Waals surface area contributed by atoms with Crippen LogP contribution in [0.1, 0.15) is 32.4 Å². The molecule has 0 radical (unpaired) electrons. The van der Waals surface area contributed by atoms with Crippen molar-refractivity contribution in [3.63, 3.8) is 0 Å². The number of phenolic OH excluding ortho intramolecular Hbond substituents is 1. The predicted octanol–water partition coefficient (Wildman–Crippen LogP) is 2.47. The van der Waals surface area contributed by atoms with Crippen molar-refractivity contribution in [3.05, 3.63) is 29.8 Å². The van der Waals surface area contributed by atoms with Gasteiger partial charge in [-0.2, -0.15) is 0 Å². The van der Waals surface area contributed by atoms with Crippen molar-refractivity contribution in [2.45, 2.75) is 26.9 Å². The molecule has 0 aromatic heterocycles. The van der Waals surface area contributed by atoms with Crippen LogP contribution in [0.3, 0.4) is 0 Å². The largest absolute Gasteiger partial charge is 0.508 e. The molecule has 0 spiro atoms. The van der Waals surface area contributed by atoms with E-state index in [1.165, 1.54) is 0 Å². The van der Waals surface area contributed by atoms with Gasteiger partial charge in [-0.1, -0.05) is 39.0 Å². The number of rotatable bonds is 1. The monoisotopic (exact) mass is 180 g/mol. The molecule has 0 aliphatic carbocycles. The minimum absolute atomic E-state index is 0.157. The zero-order valence-corrected chi connectivity index (χ0v) is 8.28. The van der Waals surface area contributed by atoms with Crippen LogP contribution in [0.4, 0.5) is 0 Å². The Labute approximate surface area is 78.8 Å². The Hall–Kier alpha value is -1.02. The van der Waals surface area contributed by atoms with Gasteiger partial charge in [0.15, 0.2) is 0 Å². The van der Waals surface area contributed by atoms with E-state index in [1.807, 2.05) is 26.8 Å². The first-order valence-electron chi connectivity index (χ1n) is 4.39. The third kappa shape index (κ3) is 2.22. The molecule has 0 bridgehead atoms. The molecule has 0 fully saturated rings. The van der Waals surface area contributed by atoms with E-state index in [9.17, 15) is 10.2 Å². The summed E-state index contributed by atoms with van der Waals surface area (Å²) in [6, 6.07) is 6.88. The molecule has 0 aliphatic heterocycles. The van der Waals surface area contributed by atoms with E-state index in [2.05, 4.69) is 0 Å². The van der Waals surface area contributed by atoms with Crippen molar-refractivity contribution in [2.75, 3.05) is 0 Å². The zero-order chi connectivity index (χ0) is 10.1. The second kappa shape index (κ2) is 3.38. The third-order valence-corrected chi connectivity index (χ3v) is 2.05. The van der Waals surface area contributed by atoms with Crippen molar-refractivity contribution >= 4 is 0 Å². The van der Waals surface area contributed by atoms with Crippen LogP contribution < -0.4 is 0 Å². The maximum absolute atomic E-state index is 9.88. The Morgan fingerprint density at radius 3 is 2.15 bits per heavy atom. The smallest absolute Gasteiger partial charge is 0.121 e. The molecule has 2 N–H and O–H groups in total. The first kappa shape index (κ1) is 10.1. The van der Waals surface area contributed by atoms with Crippen LogP contribution in [-0.4, -0.2) is 10.2 Å². The lowest BCUT2D eigenvalue weighted by atomic mass is 9.84. The Bertz CT molecular complexity index is 286. The molecule has 0 saturated carbocycles. The fourth-order valence-corrected chi connectivity index (χ4v) is 1.19. The van der Waals surface area contributed by atoms with Gasteiger partial charge in [0.1, 0.15) is 5.75 Å². The van der Waals surface area contributed by atoms with E-state index in [0.29, 0.717) is 5.56 Å². The average Bonchev–Trinajstić information content (AvgIpc) is 2.02. The summed E-state index contributed by atoms with van der Waals surface area (Å²) in [4.78, 5) is 0. The Balaban J connectivity index is 3.02. The second-order valence-corrected chi connectivity index (χ2v) is 4.33. The molecular weight excluding hydrogens is 164 g/mol. The summed E-state index contributed by atoms with van der Waals surface area (Å²) >= 11 is 0. The van der Waals surface area contributed by atoms with Crippen LogP contribution in [-0.2, 0) is 0 Å². The number of aliphatic hydroxyl groups excluding tert-OH is 1. The number of phenols is 1. The summed E-state index contributed by atoms with van der Waals surface area (Å²) in [7, 11) is 0. The number of aliphatic hydroxyl groups is 1. The highest BCUT2D eigenvalue weighted by Crippen LogP contribution is 2.36. The van der Waals surface area contributed by atoms with Gasteiger partial charge >= 0.3 is 0 Å². The van der Waals surface area contributed by atoms with Crippen LogP contribution in [0, 0.1) is 5.41 Å². The van der Waals surface area contributed by atoms with E-state index in [-0.39, 0.29) is 11.2 Å². The Kier molecular flexibility index (Phi) is 2.62. The fourth-order valence-electron chi connectivity index (χ4n) is 1.19.